The van der Waals surface area contributed by atoms with Crippen LogP contribution in [0.5, 0.6) is 0 Å². The molecule has 0 saturated heterocycles. The second-order valence-corrected chi connectivity index (χ2v) is 8.08. The lowest BCUT2D eigenvalue weighted by atomic mass is 9.79. The first-order valence-electron chi connectivity index (χ1n) is 7.37. The van der Waals surface area contributed by atoms with Crippen molar-refractivity contribution in [3.63, 3.8) is 0 Å². The Morgan fingerprint density at radius 3 is 2.67 bits per heavy atom. The molecular formula is C14H25N3O3S. The molecule has 2 N–H and O–H groups in total. The van der Waals surface area contributed by atoms with Crippen LogP contribution < -0.4 is 4.72 Å². The molecule has 1 aromatic heterocycles. The van der Waals surface area contributed by atoms with Crippen LogP contribution in [0.4, 0.5) is 0 Å². The normalized spacial score (nSPS) is 27.0. The van der Waals surface area contributed by atoms with E-state index in [9.17, 15) is 13.5 Å². The molecule has 7 heteroatoms. The number of hydrogen-bond acceptors (Lipinski definition) is 4. The average molecular weight is 315 g/mol. The molecule has 1 aliphatic carbocycles. The Labute approximate surface area is 126 Å². The molecular weight excluding hydrogens is 290 g/mol. The van der Waals surface area contributed by atoms with Crippen molar-refractivity contribution in [3.8, 4) is 0 Å². The van der Waals surface area contributed by atoms with Crippen molar-refractivity contribution in [1.82, 2.24) is 14.5 Å². The largest absolute Gasteiger partial charge is 0.389 e. The third kappa shape index (κ3) is 3.46. The summed E-state index contributed by atoms with van der Waals surface area (Å²) in [7, 11) is -1.93. The molecule has 0 aromatic carbocycles. The fourth-order valence-corrected chi connectivity index (χ4v) is 4.79. The van der Waals surface area contributed by atoms with Gasteiger partial charge >= 0.3 is 0 Å². The second-order valence-electron chi connectivity index (χ2n) is 6.37. The fourth-order valence-electron chi connectivity index (χ4n) is 3.24. The van der Waals surface area contributed by atoms with Crippen LogP contribution in [0.1, 0.15) is 44.0 Å². The molecule has 0 radical (unpaired) electrons. The van der Waals surface area contributed by atoms with Crippen molar-refractivity contribution in [2.45, 2.75) is 57.0 Å². The highest BCUT2D eigenvalue weighted by Crippen LogP contribution is 2.32. The summed E-state index contributed by atoms with van der Waals surface area (Å²) in [5, 5.41) is 14.7. The maximum Gasteiger partial charge on any atom is 0.244 e. The molecule has 0 bridgehead atoms. The number of hydrogen-bond donors (Lipinski definition) is 2. The molecule has 2 unspecified atom stereocenters. The van der Waals surface area contributed by atoms with Crippen LogP contribution in [-0.2, 0) is 17.1 Å². The molecule has 1 aromatic rings. The van der Waals surface area contributed by atoms with Gasteiger partial charge in [0, 0.05) is 13.6 Å². The predicted molar refractivity (Wildman–Crippen MR) is 80.5 cm³/mol. The van der Waals surface area contributed by atoms with Gasteiger partial charge < -0.3 is 5.11 Å². The van der Waals surface area contributed by atoms with Crippen LogP contribution in [-0.4, -0.2) is 35.5 Å². The molecule has 2 rings (SSSR count). The maximum atomic E-state index is 12.5. The minimum Gasteiger partial charge on any atom is -0.389 e. The number of rotatable bonds is 4. The summed E-state index contributed by atoms with van der Waals surface area (Å²) in [6, 6.07) is 0. The Kier molecular flexibility index (Phi) is 4.46. The Morgan fingerprint density at radius 2 is 2.14 bits per heavy atom. The molecule has 1 heterocycles. The van der Waals surface area contributed by atoms with E-state index >= 15 is 0 Å². The van der Waals surface area contributed by atoms with Gasteiger partial charge in [-0.15, -0.1) is 0 Å². The lowest BCUT2D eigenvalue weighted by Gasteiger charge is -2.35. The number of aryl methyl sites for hydroxylation is 2. The van der Waals surface area contributed by atoms with Crippen molar-refractivity contribution in [2.24, 2.45) is 13.0 Å². The molecule has 1 fully saturated rings. The molecule has 1 saturated carbocycles. The quantitative estimate of drug-likeness (QED) is 0.876. The Bertz CT molecular complexity index is 624. The van der Waals surface area contributed by atoms with Crippen LogP contribution in [0.25, 0.3) is 0 Å². The summed E-state index contributed by atoms with van der Waals surface area (Å²) in [4.78, 5) is 0.220. The van der Waals surface area contributed by atoms with E-state index in [0.29, 0.717) is 30.1 Å². The Morgan fingerprint density at radius 1 is 1.48 bits per heavy atom. The van der Waals surface area contributed by atoms with E-state index in [1.54, 1.807) is 25.6 Å². The molecule has 1 aliphatic rings. The van der Waals surface area contributed by atoms with Gasteiger partial charge in [-0.3, -0.25) is 4.68 Å². The molecule has 120 valence electrons. The minimum absolute atomic E-state index is 0.0629. The van der Waals surface area contributed by atoms with E-state index in [-0.39, 0.29) is 11.4 Å². The number of sulfonamides is 1. The highest BCUT2D eigenvalue weighted by molar-refractivity contribution is 7.89. The zero-order valence-electron chi connectivity index (χ0n) is 13.2. The summed E-state index contributed by atoms with van der Waals surface area (Å²) < 4.78 is 29.1. The number of aliphatic hydroxyl groups is 1. The first-order chi connectivity index (χ1) is 9.65. The highest BCUT2D eigenvalue weighted by atomic mass is 32.2. The maximum absolute atomic E-state index is 12.5. The summed E-state index contributed by atoms with van der Waals surface area (Å²) in [5.41, 5.74) is 0.143. The first-order valence-corrected chi connectivity index (χ1v) is 8.85. The van der Waals surface area contributed by atoms with Gasteiger partial charge in [0.25, 0.3) is 0 Å². The van der Waals surface area contributed by atoms with Crippen LogP contribution >= 0.6 is 0 Å². The summed E-state index contributed by atoms with van der Waals surface area (Å²) in [6.45, 7) is 5.56. The molecule has 21 heavy (non-hydrogen) atoms. The van der Waals surface area contributed by atoms with E-state index < -0.39 is 15.6 Å². The lowest BCUT2D eigenvalue weighted by Crippen LogP contribution is -2.45. The monoisotopic (exact) mass is 315 g/mol. The van der Waals surface area contributed by atoms with Crippen LogP contribution in [0, 0.1) is 19.8 Å². The zero-order valence-corrected chi connectivity index (χ0v) is 14.0. The van der Waals surface area contributed by atoms with Crippen molar-refractivity contribution >= 4 is 10.0 Å². The van der Waals surface area contributed by atoms with E-state index in [4.69, 9.17) is 0 Å². The van der Waals surface area contributed by atoms with Crippen LogP contribution in [0.15, 0.2) is 4.90 Å². The van der Waals surface area contributed by atoms with Gasteiger partial charge in [0.05, 0.1) is 17.0 Å². The topological polar surface area (TPSA) is 84.2 Å². The summed E-state index contributed by atoms with van der Waals surface area (Å²) >= 11 is 0. The third-order valence-corrected chi connectivity index (χ3v) is 6.02. The van der Waals surface area contributed by atoms with Gasteiger partial charge in [-0.1, -0.05) is 19.8 Å². The van der Waals surface area contributed by atoms with Gasteiger partial charge in [0.2, 0.25) is 10.0 Å². The third-order valence-electron chi connectivity index (χ3n) is 4.37. The van der Waals surface area contributed by atoms with E-state index in [2.05, 4.69) is 16.7 Å². The second kappa shape index (κ2) is 5.70. The van der Waals surface area contributed by atoms with Crippen molar-refractivity contribution < 1.29 is 13.5 Å². The van der Waals surface area contributed by atoms with Gasteiger partial charge in [0.1, 0.15) is 4.90 Å². The van der Waals surface area contributed by atoms with Gasteiger partial charge in [0.15, 0.2) is 0 Å². The van der Waals surface area contributed by atoms with E-state index in [1.165, 1.54) is 0 Å². The standard InChI is InChI=1S/C14H25N3O3S/c1-10-6-5-7-14(18,8-10)9-15-21(19,20)13-11(2)16-17(4)12(13)3/h10,15,18H,5-9H2,1-4H3. The SMILES string of the molecule is Cc1nn(C)c(C)c1S(=O)(=O)NCC1(O)CCCC(C)C1. The van der Waals surface area contributed by atoms with E-state index in [1.807, 2.05) is 0 Å². The molecule has 6 nitrogen and oxygen atoms in total. The predicted octanol–water partition coefficient (Wildman–Crippen LogP) is 1.26. The number of nitrogens with zero attached hydrogens (tertiary/aromatic N) is 2. The minimum atomic E-state index is -3.65. The highest BCUT2D eigenvalue weighted by Gasteiger charge is 2.34. The number of nitrogens with one attached hydrogen (secondary N) is 1. The van der Waals surface area contributed by atoms with Crippen molar-refractivity contribution in [2.75, 3.05) is 6.54 Å². The first kappa shape index (κ1) is 16.5. The van der Waals surface area contributed by atoms with Crippen LogP contribution in [0.2, 0.25) is 0 Å². The Hall–Kier alpha value is -0.920. The number of aromatic nitrogens is 2. The van der Waals surface area contributed by atoms with Gasteiger partial charge in [-0.05, 0) is 32.6 Å². The zero-order chi connectivity index (χ0) is 15.8. The fraction of sp³-hybridized carbons (Fsp3) is 0.786. The van der Waals surface area contributed by atoms with Crippen molar-refractivity contribution in [3.05, 3.63) is 11.4 Å². The van der Waals surface area contributed by atoms with Crippen LogP contribution in [0.3, 0.4) is 0 Å². The van der Waals surface area contributed by atoms with Crippen molar-refractivity contribution in [1.29, 1.82) is 0 Å². The Balaban J connectivity index is 2.15. The molecule has 0 spiro atoms. The smallest absolute Gasteiger partial charge is 0.244 e. The molecule has 0 amide bonds. The summed E-state index contributed by atoms with van der Waals surface area (Å²) in [5.74, 6) is 0.426. The van der Waals surface area contributed by atoms with Gasteiger partial charge in [-0.2, -0.15) is 5.10 Å². The van der Waals surface area contributed by atoms with E-state index in [0.717, 1.165) is 12.8 Å². The van der Waals surface area contributed by atoms with Gasteiger partial charge in [-0.25, -0.2) is 13.1 Å². The molecule has 2 atom stereocenters. The molecule has 0 aliphatic heterocycles. The summed E-state index contributed by atoms with van der Waals surface area (Å²) in [6.07, 6.45) is 3.31. The average Bonchev–Trinajstić information content (AvgIpc) is 2.61. The lowest BCUT2D eigenvalue weighted by molar-refractivity contribution is -0.00752.